The number of benzene rings is 1. The third-order valence-electron chi connectivity index (χ3n) is 2.16. The van der Waals surface area contributed by atoms with Crippen molar-refractivity contribution in [1.29, 1.82) is 0 Å². The Morgan fingerprint density at radius 1 is 1.11 bits per heavy atom. The number of hydrogen-bond donors (Lipinski definition) is 1. The molecule has 1 aromatic carbocycles. The molecule has 19 heavy (non-hydrogen) atoms. The molecule has 0 aliphatic carbocycles. The fourth-order valence-corrected chi connectivity index (χ4v) is 1.88. The molecule has 2 aromatic rings. The smallest absolute Gasteiger partial charge is 0.433 e. The van der Waals surface area contributed by atoms with Gasteiger partial charge in [-0.25, -0.2) is 4.98 Å². The van der Waals surface area contributed by atoms with Gasteiger partial charge in [0.2, 0.25) is 0 Å². The molecule has 0 unspecified atom stereocenters. The van der Waals surface area contributed by atoms with Crippen molar-refractivity contribution < 1.29 is 17.9 Å². The van der Waals surface area contributed by atoms with Crippen molar-refractivity contribution in [2.45, 2.75) is 6.18 Å². The van der Waals surface area contributed by atoms with Crippen LogP contribution in [0.15, 0.2) is 41.0 Å². The number of rotatable bonds is 2. The van der Waals surface area contributed by atoms with Crippen LogP contribution in [0.3, 0.4) is 0 Å². The molecule has 0 saturated carbocycles. The molecule has 0 aliphatic rings. The number of nitrogen functional groups attached to an aromatic ring is 1. The highest BCUT2D eigenvalue weighted by Crippen LogP contribution is 2.30. The molecule has 0 amide bonds. The summed E-state index contributed by atoms with van der Waals surface area (Å²) in [4.78, 5) is 3.30. The Bertz CT molecular complexity index is 564. The summed E-state index contributed by atoms with van der Waals surface area (Å²) in [6.07, 6.45) is -3.45. The number of hydrogen-bond acceptors (Lipinski definition) is 3. The van der Waals surface area contributed by atoms with E-state index in [1.54, 1.807) is 18.2 Å². The van der Waals surface area contributed by atoms with E-state index in [-0.39, 0.29) is 5.75 Å². The molecule has 2 N–H and O–H groups in total. The monoisotopic (exact) mass is 332 g/mol. The van der Waals surface area contributed by atoms with E-state index in [4.69, 9.17) is 10.5 Å². The van der Waals surface area contributed by atoms with Gasteiger partial charge in [0, 0.05) is 16.2 Å². The molecule has 0 aliphatic heterocycles. The number of halogens is 4. The molecule has 2 rings (SSSR count). The Labute approximate surface area is 115 Å². The third-order valence-corrected chi connectivity index (χ3v) is 2.61. The van der Waals surface area contributed by atoms with E-state index in [9.17, 15) is 13.2 Å². The average Bonchev–Trinajstić information content (AvgIpc) is 2.26. The second-order valence-corrected chi connectivity index (χ2v) is 4.61. The van der Waals surface area contributed by atoms with Crippen LogP contribution in [0.4, 0.5) is 18.9 Å². The van der Waals surface area contributed by atoms with Gasteiger partial charge in [-0.15, -0.1) is 0 Å². The van der Waals surface area contributed by atoms with Crippen LogP contribution in [0.5, 0.6) is 11.5 Å². The highest BCUT2D eigenvalue weighted by atomic mass is 79.9. The SMILES string of the molecule is Nc1cc(Br)cc(Oc2ccc(C(F)(F)F)nc2)c1. The quantitative estimate of drug-likeness (QED) is 0.837. The summed E-state index contributed by atoms with van der Waals surface area (Å²) >= 11 is 3.24. The maximum absolute atomic E-state index is 12.3. The molecule has 0 radical (unpaired) electrons. The predicted octanol–water partition coefficient (Wildman–Crippen LogP) is 4.24. The van der Waals surface area contributed by atoms with Gasteiger partial charge in [0.1, 0.15) is 17.2 Å². The topological polar surface area (TPSA) is 48.1 Å². The van der Waals surface area contributed by atoms with Crippen molar-refractivity contribution in [1.82, 2.24) is 4.98 Å². The first-order chi connectivity index (χ1) is 8.84. The number of aromatic nitrogens is 1. The lowest BCUT2D eigenvalue weighted by atomic mass is 10.3. The minimum atomic E-state index is -4.46. The van der Waals surface area contributed by atoms with Gasteiger partial charge < -0.3 is 10.5 Å². The van der Waals surface area contributed by atoms with E-state index < -0.39 is 11.9 Å². The Morgan fingerprint density at radius 3 is 2.37 bits per heavy atom. The standard InChI is InChI=1S/C12H8BrF3N2O/c13-7-3-8(17)5-10(4-7)19-9-1-2-11(18-6-9)12(14,15)16/h1-6H,17H2. The zero-order valence-corrected chi connectivity index (χ0v) is 11.0. The van der Waals surface area contributed by atoms with Gasteiger partial charge in [-0.3, -0.25) is 0 Å². The fourth-order valence-electron chi connectivity index (χ4n) is 1.39. The molecular formula is C12H8BrF3N2O. The predicted molar refractivity (Wildman–Crippen MR) is 67.9 cm³/mol. The Balaban J connectivity index is 2.20. The lowest BCUT2D eigenvalue weighted by Crippen LogP contribution is -2.07. The zero-order chi connectivity index (χ0) is 14.0. The first-order valence-corrected chi connectivity index (χ1v) is 5.91. The fraction of sp³-hybridized carbons (Fsp3) is 0.0833. The summed E-state index contributed by atoms with van der Waals surface area (Å²) in [5.41, 5.74) is 5.13. The number of anilines is 1. The number of nitrogens with two attached hydrogens (primary N) is 1. The molecule has 0 saturated heterocycles. The maximum Gasteiger partial charge on any atom is 0.433 e. The summed E-state index contributed by atoms with van der Waals surface area (Å²) in [7, 11) is 0. The summed E-state index contributed by atoms with van der Waals surface area (Å²) in [5.74, 6) is 0.610. The molecule has 0 spiro atoms. The van der Waals surface area contributed by atoms with Crippen LogP contribution in [0.1, 0.15) is 5.69 Å². The number of nitrogens with zero attached hydrogens (tertiary/aromatic N) is 1. The Morgan fingerprint density at radius 2 is 1.84 bits per heavy atom. The molecule has 3 nitrogen and oxygen atoms in total. The molecule has 7 heteroatoms. The zero-order valence-electron chi connectivity index (χ0n) is 9.41. The molecule has 0 fully saturated rings. The van der Waals surface area contributed by atoms with E-state index in [2.05, 4.69) is 20.9 Å². The molecule has 100 valence electrons. The van der Waals surface area contributed by atoms with Crippen LogP contribution in [0.25, 0.3) is 0 Å². The van der Waals surface area contributed by atoms with Gasteiger partial charge >= 0.3 is 6.18 Å². The van der Waals surface area contributed by atoms with Crippen LogP contribution in [0.2, 0.25) is 0 Å². The summed E-state index contributed by atoms with van der Waals surface area (Å²) in [6.45, 7) is 0. The van der Waals surface area contributed by atoms with Crippen molar-refractivity contribution in [3.05, 3.63) is 46.7 Å². The highest BCUT2D eigenvalue weighted by molar-refractivity contribution is 9.10. The largest absolute Gasteiger partial charge is 0.456 e. The first kappa shape index (κ1) is 13.7. The minimum Gasteiger partial charge on any atom is -0.456 e. The summed E-state index contributed by atoms with van der Waals surface area (Å²) in [5, 5.41) is 0. The summed E-state index contributed by atoms with van der Waals surface area (Å²) < 4.78 is 43.1. The van der Waals surface area contributed by atoms with E-state index in [0.29, 0.717) is 15.9 Å². The van der Waals surface area contributed by atoms with Gasteiger partial charge in [-0.1, -0.05) is 15.9 Å². The second kappa shape index (κ2) is 5.08. The van der Waals surface area contributed by atoms with Crippen molar-refractivity contribution in [2.75, 3.05) is 5.73 Å². The lowest BCUT2D eigenvalue weighted by Gasteiger charge is -2.09. The van der Waals surface area contributed by atoms with Gasteiger partial charge in [0.25, 0.3) is 0 Å². The van der Waals surface area contributed by atoms with Crippen molar-refractivity contribution in [2.24, 2.45) is 0 Å². The van der Waals surface area contributed by atoms with Crippen LogP contribution >= 0.6 is 15.9 Å². The van der Waals surface area contributed by atoms with Crippen LogP contribution in [-0.4, -0.2) is 4.98 Å². The highest BCUT2D eigenvalue weighted by Gasteiger charge is 2.32. The van der Waals surface area contributed by atoms with Crippen LogP contribution in [-0.2, 0) is 6.18 Å². The molecular weight excluding hydrogens is 325 g/mol. The van der Waals surface area contributed by atoms with Crippen molar-refractivity contribution in [3.8, 4) is 11.5 Å². The van der Waals surface area contributed by atoms with E-state index in [1.165, 1.54) is 6.07 Å². The van der Waals surface area contributed by atoms with Gasteiger partial charge in [0.15, 0.2) is 0 Å². The van der Waals surface area contributed by atoms with E-state index in [0.717, 1.165) is 12.3 Å². The normalized spacial score (nSPS) is 11.4. The Kier molecular flexibility index (Phi) is 3.66. The molecule has 0 atom stereocenters. The molecule has 1 heterocycles. The number of ether oxygens (including phenoxy) is 1. The van der Waals surface area contributed by atoms with E-state index >= 15 is 0 Å². The van der Waals surface area contributed by atoms with Gasteiger partial charge in [0.05, 0.1) is 6.20 Å². The molecule has 1 aromatic heterocycles. The van der Waals surface area contributed by atoms with Crippen LogP contribution in [0, 0.1) is 0 Å². The third kappa shape index (κ3) is 3.60. The van der Waals surface area contributed by atoms with Gasteiger partial charge in [-0.05, 0) is 24.3 Å². The van der Waals surface area contributed by atoms with E-state index in [1.807, 2.05) is 0 Å². The number of pyridine rings is 1. The van der Waals surface area contributed by atoms with Gasteiger partial charge in [-0.2, -0.15) is 13.2 Å². The molecule has 0 bridgehead atoms. The second-order valence-electron chi connectivity index (χ2n) is 3.70. The number of alkyl halides is 3. The first-order valence-electron chi connectivity index (χ1n) is 5.12. The maximum atomic E-state index is 12.3. The van der Waals surface area contributed by atoms with Crippen molar-refractivity contribution in [3.63, 3.8) is 0 Å². The summed E-state index contributed by atoms with van der Waals surface area (Å²) in [6, 6.07) is 6.94. The minimum absolute atomic E-state index is 0.200. The average molecular weight is 333 g/mol. The lowest BCUT2D eigenvalue weighted by molar-refractivity contribution is -0.141. The van der Waals surface area contributed by atoms with Crippen LogP contribution < -0.4 is 10.5 Å². The van der Waals surface area contributed by atoms with Crippen molar-refractivity contribution >= 4 is 21.6 Å². The Hall–Kier alpha value is -1.76.